The normalized spacial score (nSPS) is 15.7. The Hall–Kier alpha value is -1.71. The number of hydrogen-bond acceptors (Lipinski definition) is 4. The minimum atomic E-state index is -3.59. The molecule has 1 aromatic heterocycles. The number of halogens is 1. The van der Waals surface area contributed by atoms with E-state index >= 15 is 0 Å². The summed E-state index contributed by atoms with van der Waals surface area (Å²) in [6.45, 7) is 4.40. The fourth-order valence-electron chi connectivity index (χ4n) is 3.34. The van der Waals surface area contributed by atoms with Crippen LogP contribution in [0.5, 0.6) is 0 Å². The van der Waals surface area contributed by atoms with Crippen molar-refractivity contribution in [1.82, 2.24) is 14.1 Å². The Labute approximate surface area is 167 Å². The van der Waals surface area contributed by atoms with Crippen LogP contribution < -0.4 is 5.32 Å². The van der Waals surface area contributed by atoms with Gasteiger partial charge in [-0.25, -0.2) is 8.42 Å². The maximum Gasteiger partial charge on any atom is 0.246 e. The minimum absolute atomic E-state index is 0.0469. The topological polar surface area (TPSA) is 84.3 Å². The van der Waals surface area contributed by atoms with Crippen LogP contribution in [0.15, 0.2) is 33.6 Å². The molecule has 0 atom stereocenters. The Balaban J connectivity index is 1.80. The highest BCUT2D eigenvalue weighted by molar-refractivity contribution is 9.10. The van der Waals surface area contributed by atoms with E-state index < -0.39 is 10.0 Å². The molecule has 1 aliphatic rings. The van der Waals surface area contributed by atoms with Crippen LogP contribution in [0, 0.1) is 13.8 Å². The number of anilines is 1. The van der Waals surface area contributed by atoms with E-state index in [-0.39, 0.29) is 17.3 Å². The Morgan fingerprint density at radius 1 is 1.22 bits per heavy atom. The maximum atomic E-state index is 13.0. The minimum Gasteiger partial charge on any atom is -0.324 e. The van der Waals surface area contributed by atoms with Crippen molar-refractivity contribution in [3.63, 3.8) is 0 Å². The van der Waals surface area contributed by atoms with E-state index in [1.807, 2.05) is 12.1 Å². The van der Waals surface area contributed by atoms with Crippen LogP contribution >= 0.6 is 15.9 Å². The molecule has 7 nitrogen and oxygen atoms in total. The molecule has 3 rings (SSSR count). The van der Waals surface area contributed by atoms with Gasteiger partial charge in [-0.3, -0.25) is 9.48 Å². The number of nitrogens with one attached hydrogen (secondary N) is 1. The van der Waals surface area contributed by atoms with Crippen molar-refractivity contribution in [3.05, 3.63) is 40.1 Å². The van der Waals surface area contributed by atoms with Gasteiger partial charge in [-0.05, 0) is 44.9 Å². The molecule has 0 spiro atoms. The molecular formula is C18H23BrN4O3S. The highest BCUT2D eigenvalue weighted by Gasteiger charge is 2.31. The Morgan fingerprint density at radius 2 is 1.93 bits per heavy atom. The average molecular weight is 455 g/mol. The fourth-order valence-corrected chi connectivity index (χ4v) is 5.63. The van der Waals surface area contributed by atoms with Crippen molar-refractivity contribution in [2.75, 3.05) is 18.4 Å². The number of carbonyl (C=O) groups excluding carboxylic acids is 1. The lowest BCUT2D eigenvalue weighted by Crippen LogP contribution is -2.36. The number of benzene rings is 1. The van der Waals surface area contributed by atoms with Crippen molar-refractivity contribution in [2.24, 2.45) is 0 Å². The summed E-state index contributed by atoms with van der Waals surface area (Å²) in [4.78, 5) is 12.6. The lowest BCUT2D eigenvalue weighted by molar-refractivity contribution is -0.116. The third-order valence-electron chi connectivity index (χ3n) is 4.63. The number of sulfonamides is 1. The lowest BCUT2D eigenvalue weighted by Gasteiger charge is -2.25. The molecule has 0 saturated carbocycles. The van der Waals surface area contributed by atoms with Gasteiger partial charge in [0.15, 0.2) is 0 Å². The van der Waals surface area contributed by atoms with Gasteiger partial charge in [0, 0.05) is 23.2 Å². The third-order valence-corrected chi connectivity index (χ3v) is 7.27. The molecule has 1 aromatic carbocycles. The average Bonchev–Trinajstić information content (AvgIpc) is 2.89. The molecule has 146 valence electrons. The Bertz CT molecular complexity index is 950. The number of hydrogen-bond donors (Lipinski definition) is 1. The van der Waals surface area contributed by atoms with Crippen molar-refractivity contribution in [3.8, 4) is 0 Å². The van der Waals surface area contributed by atoms with Crippen LogP contribution in [-0.4, -0.2) is 41.5 Å². The second-order valence-corrected chi connectivity index (χ2v) is 9.47. The van der Waals surface area contributed by atoms with Gasteiger partial charge in [0.05, 0.1) is 11.4 Å². The largest absolute Gasteiger partial charge is 0.324 e. The molecule has 0 radical (unpaired) electrons. The van der Waals surface area contributed by atoms with E-state index in [1.165, 1.54) is 8.99 Å². The first-order valence-corrected chi connectivity index (χ1v) is 11.1. The van der Waals surface area contributed by atoms with Gasteiger partial charge >= 0.3 is 0 Å². The van der Waals surface area contributed by atoms with Gasteiger partial charge in [-0.1, -0.05) is 28.4 Å². The van der Waals surface area contributed by atoms with E-state index in [1.54, 1.807) is 26.0 Å². The summed E-state index contributed by atoms with van der Waals surface area (Å²) in [5.74, 6) is -0.263. The predicted molar refractivity (Wildman–Crippen MR) is 107 cm³/mol. The second-order valence-electron chi connectivity index (χ2n) is 6.68. The molecular weight excluding hydrogens is 432 g/mol. The summed E-state index contributed by atoms with van der Waals surface area (Å²) < 4.78 is 29.9. The van der Waals surface area contributed by atoms with Crippen LogP contribution in [0.2, 0.25) is 0 Å². The summed E-state index contributed by atoms with van der Waals surface area (Å²) in [6, 6.07) is 7.28. The predicted octanol–water partition coefficient (Wildman–Crippen LogP) is 3.08. The van der Waals surface area contributed by atoms with Crippen LogP contribution in [0.4, 0.5) is 5.69 Å². The molecule has 0 bridgehead atoms. The molecule has 1 N–H and O–H groups in total. The third kappa shape index (κ3) is 4.41. The molecule has 1 aliphatic heterocycles. The van der Waals surface area contributed by atoms with Crippen molar-refractivity contribution in [1.29, 1.82) is 0 Å². The molecule has 27 heavy (non-hydrogen) atoms. The van der Waals surface area contributed by atoms with Crippen LogP contribution in [0.3, 0.4) is 0 Å². The number of amides is 1. The zero-order valence-electron chi connectivity index (χ0n) is 15.4. The Kier molecular flexibility index (Phi) is 6.02. The first-order valence-electron chi connectivity index (χ1n) is 8.88. The molecule has 1 fully saturated rings. The van der Waals surface area contributed by atoms with E-state index in [4.69, 9.17) is 0 Å². The monoisotopic (exact) mass is 454 g/mol. The number of piperidine rings is 1. The number of aromatic nitrogens is 2. The molecule has 2 heterocycles. The summed E-state index contributed by atoms with van der Waals surface area (Å²) >= 11 is 3.36. The summed E-state index contributed by atoms with van der Waals surface area (Å²) in [7, 11) is -3.59. The fraction of sp³-hybridized carbons (Fsp3) is 0.444. The molecule has 1 amide bonds. The van der Waals surface area contributed by atoms with Gasteiger partial charge in [0.1, 0.15) is 11.4 Å². The van der Waals surface area contributed by atoms with Crippen molar-refractivity contribution >= 4 is 37.5 Å². The van der Waals surface area contributed by atoms with Gasteiger partial charge in [0.2, 0.25) is 15.9 Å². The van der Waals surface area contributed by atoms with Crippen LogP contribution in [-0.2, 0) is 21.4 Å². The number of rotatable bonds is 5. The summed E-state index contributed by atoms with van der Waals surface area (Å²) in [5, 5.41) is 7.11. The lowest BCUT2D eigenvalue weighted by atomic mass is 10.2. The van der Waals surface area contributed by atoms with E-state index in [9.17, 15) is 13.2 Å². The second kappa shape index (κ2) is 8.12. The SMILES string of the molecule is Cc1nn(CC(=O)Nc2cccc(Br)c2)c(C)c1S(=O)(=O)N1CCCCC1. The summed E-state index contributed by atoms with van der Waals surface area (Å²) in [5.41, 5.74) is 1.58. The van der Waals surface area contributed by atoms with E-state index in [0.717, 1.165) is 23.7 Å². The number of nitrogens with zero attached hydrogens (tertiary/aromatic N) is 3. The number of carbonyl (C=O) groups is 1. The maximum absolute atomic E-state index is 13.0. The molecule has 0 aliphatic carbocycles. The smallest absolute Gasteiger partial charge is 0.246 e. The first kappa shape index (κ1) is 20.0. The van der Waals surface area contributed by atoms with Crippen LogP contribution in [0.25, 0.3) is 0 Å². The van der Waals surface area contributed by atoms with Crippen molar-refractivity contribution < 1.29 is 13.2 Å². The zero-order chi connectivity index (χ0) is 19.6. The van der Waals surface area contributed by atoms with Crippen LogP contribution in [0.1, 0.15) is 30.7 Å². The number of aryl methyl sites for hydroxylation is 1. The van der Waals surface area contributed by atoms with Gasteiger partial charge < -0.3 is 5.32 Å². The first-order chi connectivity index (χ1) is 12.8. The Morgan fingerprint density at radius 3 is 2.59 bits per heavy atom. The highest BCUT2D eigenvalue weighted by atomic mass is 79.9. The van der Waals surface area contributed by atoms with E-state index in [0.29, 0.717) is 30.2 Å². The van der Waals surface area contributed by atoms with Gasteiger partial charge in [0.25, 0.3) is 0 Å². The quantitative estimate of drug-likeness (QED) is 0.751. The molecule has 2 aromatic rings. The van der Waals surface area contributed by atoms with Gasteiger partial charge in [-0.15, -0.1) is 0 Å². The zero-order valence-corrected chi connectivity index (χ0v) is 17.8. The molecule has 9 heteroatoms. The molecule has 1 saturated heterocycles. The van der Waals surface area contributed by atoms with Gasteiger partial charge in [-0.2, -0.15) is 9.40 Å². The van der Waals surface area contributed by atoms with Crippen molar-refractivity contribution in [2.45, 2.75) is 44.6 Å². The standard InChI is InChI=1S/C18H23BrN4O3S/c1-13-18(27(25,26)22-9-4-3-5-10-22)14(2)23(21-13)12-17(24)20-16-8-6-7-15(19)11-16/h6-8,11H,3-5,9-10,12H2,1-2H3,(H,20,24). The van der Waals surface area contributed by atoms with E-state index in [2.05, 4.69) is 26.3 Å². The molecule has 0 unspecified atom stereocenters. The summed E-state index contributed by atoms with van der Waals surface area (Å²) in [6.07, 6.45) is 2.81. The highest BCUT2D eigenvalue weighted by Crippen LogP contribution is 2.26.